The van der Waals surface area contributed by atoms with Crippen molar-refractivity contribution in [2.75, 3.05) is 12.4 Å². The van der Waals surface area contributed by atoms with Crippen LogP contribution in [-0.4, -0.2) is 11.6 Å². The van der Waals surface area contributed by atoms with Crippen molar-refractivity contribution in [3.63, 3.8) is 0 Å². The number of nitrogens with two attached hydrogens (primary N) is 1. The van der Waals surface area contributed by atoms with E-state index in [1.54, 1.807) is 6.20 Å². The number of aromatic nitrogens is 1. The van der Waals surface area contributed by atoms with Crippen molar-refractivity contribution in [2.45, 2.75) is 0 Å². The molecule has 2 N–H and O–H groups in total. The molecule has 0 aliphatic carbocycles. The molecule has 1 atom stereocenters. The molecule has 4 heteroatoms. The first-order valence-electron chi connectivity index (χ1n) is 4.24. The molecule has 2 nitrogen and oxygen atoms in total. The van der Waals surface area contributed by atoms with Gasteiger partial charge in [-0.1, -0.05) is 8.58 Å². The van der Waals surface area contributed by atoms with Crippen LogP contribution in [-0.2, 0) is 0 Å². The maximum absolute atomic E-state index is 13.4. The van der Waals surface area contributed by atoms with E-state index in [0.717, 1.165) is 10.7 Å². The largest absolute Gasteiger partial charge is 0.383 e. The first-order chi connectivity index (χ1) is 6.72. The van der Waals surface area contributed by atoms with Crippen LogP contribution in [0.15, 0.2) is 24.4 Å². The number of benzene rings is 1. The maximum Gasteiger partial charge on any atom is 0.131 e. The average Bonchev–Trinajstić information content (AvgIpc) is 2.19. The van der Waals surface area contributed by atoms with Gasteiger partial charge in [0.2, 0.25) is 0 Å². The second-order valence-corrected chi connectivity index (χ2v) is 4.04. The van der Waals surface area contributed by atoms with E-state index in [9.17, 15) is 4.39 Å². The lowest BCUT2D eigenvalue weighted by molar-refractivity contribution is 0.638. The summed E-state index contributed by atoms with van der Waals surface area (Å²) in [6.07, 6.45) is 1.64. The van der Waals surface area contributed by atoms with E-state index in [0.29, 0.717) is 19.8 Å². The second kappa shape index (κ2) is 3.50. The molecule has 1 aromatic carbocycles. The SMILES string of the molecule is CPc1cc2ccnc(N)c2cc1F. The number of fused-ring (bicyclic) bond motifs is 1. The fourth-order valence-electron chi connectivity index (χ4n) is 1.41. The third-order valence-corrected chi connectivity index (χ3v) is 3.07. The van der Waals surface area contributed by atoms with E-state index in [4.69, 9.17) is 5.73 Å². The number of rotatable bonds is 1. The summed E-state index contributed by atoms with van der Waals surface area (Å²) in [5.74, 6) is 0.186. The van der Waals surface area contributed by atoms with Crippen molar-refractivity contribution in [1.82, 2.24) is 4.98 Å². The van der Waals surface area contributed by atoms with Crippen LogP contribution < -0.4 is 11.0 Å². The summed E-state index contributed by atoms with van der Waals surface area (Å²) in [6.45, 7) is 1.95. The third-order valence-electron chi connectivity index (χ3n) is 2.15. The van der Waals surface area contributed by atoms with Gasteiger partial charge in [0, 0.05) is 16.9 Å². The van der Waals surface area contributed by atoms with Crippen LogP contribution in [0.3, 0.4) is 0 Å². The predicted octanol–water partition coefficient (Wildman–Crippen LogP) is 1.89. The summed E-state index contributed by atoms with van der Waals surface area (Å²) in [4.78, 5) is 3.92. The first kappa shape index (κ1) is 9.35. The van der Waals surface area contributed by atoms with E-state index >= 15 is 0 Å². The molecule has 0 saturated carbocycles. The zero-order valence-electron chi connectivity index (χ0n) is 7.71. The van der Waals surface area contributed by atoms with Crippen LogP contribution in [0.5, 0.6) is 0 Å². The Kier molecular flexibility index (Phi) is 2.34. The fourth-order valence-corrected chi connectivity index (χ4v) is 2.02. The summed E-state index contributed by atoms with van der Waals surface area (Å²) in [5.41, 5.74) is 5.64. The number of pyridine rings is 1. The van der Waals surface area contributed by atoms with E-state index in [1.807, 2.05) is 18.8 Å². The number of nitrogen functional groups attached to an aromatic ring is 1. The zero-order chi connectivity index (χ0) is 10.1. The van der Waals surface area contributed by atoms with Crippen molar-refractivity contribution in [1.29, 1.82) is 0 Å². The molecule has 0 bridgehead atoms. The highest BCUT2D eigenvalue weighted by Gasteiger charge is 2.05. The molecule has 2 aromatic rings. The van der Waals surface area contributed by atoms with Crippen LogP contribution in [0.1, 0.15) is 0 Å². The lowest BCUT2D eigenvalue weighted by Crippen LogP contribution is -2.02. The molecule has 0 spiro atoms. The Morgan fingerprint density at radius 2 is 2.21 bits per heavy atom. The molecule has 1 heterocycles. The van der Waals surface area contributed by atoms with Crippen molar-refractivity contribution in [3.8, 4) is 0 Å². The van der Waals surface area contributed by atoms with E-state index in [2.05, 4.69) is 4.98 Å². The Bertz CT molecular complexity index is 485. The van der Waals surface area contributed by atoms with E-state index < -0.39 is 0 Å². The quantitative estimate of drug-likeness (QED) is 0.727. The molecule has 1 aromatic heterocycles. The zero-order valence-corrected chi connectivity index (χ0v) is 8.71. The molecule has 14 heavy (non-hydrogen) atoms. The average molecular weight is 208 g/mol. The minimum Gasteiger partial charge on any atom is -0.383 e. The molecule has 72 valence electrons. The first-order valence-corrected chi connectivity index (χ1v) is 5.74. The summed E-state index contributed by atoms with van der Waals surface area (Å²) < 4.78 is 13.4. The highest BCUT2D eigenvalue weighted by molar-refractivity contribution is 7.46. The smallest absolute Gasteiger partial charge is 0.131 e. The van der Waals surface area contributed by atoms with Crippen LogP contribution >= 0.6 is 8.58 Å². The van der Waals surface area contributed by atoms with Crippen molar-refractivity contribution in [2.24, 2.45) is 0 Å². The normalized spacial score (nSPS) is 11.6. The summed E-state index contributed by atoms with van der Waals surface area (Å²) in [7, 11) is 0.453. The second-order valence-electron chi connectivity index (χ2n) is 3.00. The molecular formula is C10H10FN2P. The van der Waals surface area contributed by atoms with Gasteiger partial charge in [-0.05, 0) is 30.3 Å². The predicted molar refractivity (Wildman–Crippen MR) is 60.0 cm³/mol. The molecule has 0 fully saturated rings. The molecule has 0 aliphatic heterocycles. The van der Waals surface area contributed by atoms with Gasteiger partial charge in [0.15, 0.2) is 0 Å². The van der Waals surface area contributed by atoms with Gasteiger partial charge in [-0.25, -0.2) is 9.37 Å². The van der Waals surface area contributed by atoms with Crippen LogP contribution in [0.2, 0.25) is 0 Å². The van der Waals surface area contributed by atoms with Gasteiger partial charge in [-0.15, -0.1) is 0 Å². The van der Waals surface area contributed by atoms with Crippen LogP contribution in [0.25, 0.3) is 10.8 Å². The lowest BCUT2D eigenvalue weighted by Gasteiger charge is -2.04. The van der Waals surface area contributed by atoms with Crippen molar-refractivity contribution >= 4 is 30.5 Å². The number of anilines is 1. The summed E-state index contributed by atoms with van der Waals surface area (Å²) in [6, 6.07) is 5.14. The van der Waals surface area contributed by atoms with Gasteiger partial charge in [0.25, 0.3) is 0 Å². The molecule has 0 saturated heterocycles. The number of nitrogens with zero attached hydrogens (tertiary/aromatic N) is 1. The van der Waals surface area contributed by atoms with Gasteiger partial charge >= 0.3 is 0 Å². The highest BCUT2D eigenvalue weighted by atomic mass is 31.1. The van der Waals surface area contributed by atoms with Crippen LogP contribution in [0, 0.1) is 5.82 Å². The fraction of sp³-hybridized carbons (Fsp3) is 0.100. The molecule has 2 rings (SSSR count). The molecule has 0 radical (unpaired) electrons. The van der Waals surface area contributed by atoms with E-state index in [1.165, 1.54) is 6.07 Å². The Morgan fingerprint density at radius 3 is 2.93 bits per heavy atom. The number of halogens is 1. The Labute approximate surface area is 83.1 Å². The Balaban J connectivity index is 2.79. The summed E-state index contributed by atoms with van der Waals surface area (Å²) in [5, 5.41) is 2.37. The van der Waals surface area contributed by atoms with Gasteiger partial charge in [-0.3, -0.25) is 0 Å². The van der Waals surface area contributed by atoms with Gasteiger partial charge in [0.05, 0.1) is 0 Å². The number of hydrogen-bond donors (Lipinski definition) is 1. The van der Waals surface area contributed by atoms with Gasteiger partial charge < -0.3 is 5.73 Å². The van der Waals surface area contributed by atoms with Crippen molar-refractivity contribution < 1.29 is 4.39 Å². The van der Waals surface area contributed by atoms with Gasteiger partial charge in [-0.2, -0.15) is 0 Å². The third kappa shape index (κ3) is 1.44. The van der Waals surface area contributed by atoms with Crippen molar-refractivity contribution in [3.05, 3.63) is 30.2 Å². The molecular weight excluding hydrogens is 198 g/mol. The lowest BCUT2D eigenvalue weighted by atomic mass is 10.1. The minimum absolute atomic E-state index is 0.196. The van der Waals surface area contributed by atoms with E-state index in [-0.39, 0.29) is 5.82 Å². The van der Waals surface area contributed by atoms with Gasteiger partial charge in [0.1, 0.15) is 11.6 Å². The Morgan fingerprint density at radius 1 is 1.43 bits per heavy atom. The van der Waals surface area contributed by atoms with Crippen LogP contribution in [0.4, 0.5) is 10.2 Å². The highest BCUT2D eigenvalue weighted by Crippen LogP contribution is 2.21. The Hall–Kier alpha value is -1.21. The minimum atomic E-state index is -0.196. The number of hydrogen-bond acceptors (Lipinski definition) is 2. The maximum atomic E-state index is 13.4. The topological polar surface area (TPSA) is 38.9 Å². The molecule has 0 amide bonds. The molecule has 1 unspecified atom stereocenters. The molecule has 0 aliphatic rings. The monoisotopic (exact) mass is 208 g/mol. The standard InChI is InChI=1S/C10H10FN2P/c1-14-9-4-6-2-3-13-10(12)7(6)5-8(9)11/h2-5,14H,1H3,(H2,12,13). The summed E-state index contributed by atoms with van der Waals surface area (Å²) >= 11 is 0.